The van der Waals surface area contributed by atoms with E-state index in [0.717, 1.165) is 16.3 Å². The third-order valence-electron chi connectivity index (χ3n) is 4.32. The van der Waals surface area contributed by atoms with Gasteiger partial charge in [-0.3, -0.25) is 9.59 Å². The molecule has 2 aromatic heterocycles. The summed E-state index contributed by atoms with van der Waals surface area (Å²) in [6.45, 7) is -0.571. The smallest absolute Gasteiger partial charge is 0.322 e. The monoisotopic (exact) mass is 389 g/mol. The summed E-state index contributed by atoms with van der Waals surface area (Å²) >= 11 is 0. The molecular formula is C21H15N3O5. The Labute approximate surface area is 164 Å². The molecule has 144 valence electrons. The molecule has 4 rings (SSSR count). The zero-order chi connectivity index (χ0) is 20.4. The number of nitrogens with zero attached hydrogens (tertiary/aromatic N) is 2. The number of aromatic nitrogens is 2. The van der Waals surface area contributed by atoms with Crippen molar-refractivity contribution >= 4 is 22.6 Å². The first-order valence-electron chi connectivity index (χ1n) is 8.66. The molecule has 0 atom stereocenters. The molecule has 0 aliphatic rings. The second kappa shape index (κ2) is 7.43. The Morgan fingerprint density at radius 1 is 1.00 bits per heavy atom. The van der Waals surface area contributed by atoms with Crippen molar-refractivity contribution in [2.45, 2.75) is 0 Å². The number of carbonyl (C=O) groups is 2. The van der Waals surface area contributed by atoms with Crippen LogP contribution in [0, 0.1) is 0 Å². The standard InChI is InChI=1S/C21H15N3O5/c25-17-8-15(10-22-20(17)21(28)23-11-19(26)27)18-9-16(24-29-18)14-6-5-12-3-1-2-4-13(12)7-14/h1-10,25H,11H2,(H,23,28)(H,26,27). The van der Waals surface area contributed by atoms with Crippen LogP contribution in [0.3, 0.4) is 0 Å². The van der Waals surface area contributed by atoms with Crippen LogP contribution in [0.1, 0.15) is 10.5 Å². The Morgan fingerprint density at radius 2 is 1.79 bits per heavy atom. The molecule has 0 fully saturated rings. The van der Waals surface area contributed by atoms with Crippen molar-refractivity contribution in [2.24, 2.45) is 0 Å². The summed E-state index contributed by atoms with van der Waals surface area (Å²) in [4.78, 5) is 26.3. The van der Waals surface area contributed by atoms with Crippen LogP contribution in [0.15, 0.2) is 65.3 Å². The van der Waals surface area contributed by atoms with Gasteiger partial charge in [0.25, 0.3) is 5.91 Å². The molecular weight excluding hydrogens is 374 g/mol. The van der Waals surface area contributed by atoms with Crippen LogP contribution in [0.2, 0.25) is 0 Å². The predicted octanol–water partition coefficient (Wildman–Crippen LogP) is 3.08. The summed E-state index contributed by atoms with van der Waals surface area (Å²) in [5, 5.41) is 27.1. The van der Waals surface area contributed by atoms with E-state index in [-0.39, 0.29) is 5.69 Å². The molecule has 0 bridgehead atoms. The molecule has 4 aromatic rings. The Bertz CT molecular complexity index is 1230. The minimum absolute atomic E-state index is 0.274. The highest BCUT2D eigenvalue weighted by molar-refractivity contribution is 5.96. The summed E-state index contributed by atoms with van der Waals surface area (Å²) in [5.74, 6) is -2.01. The van der Waals surface area contributed by atoms with Gasteiger partial charge in [-0.2, -0.15) is 0 Å². The van der Waals surface area contributed by atoms with Gasteiger partial charge < -0.3 is 20.1 Å². The Balaban J connectivity index is 1.59. The van der Waals surface area contributed by atoms with E-state index in [9.17, 15) is 14.7 Å². The van der Waals surface area contributed by atoms with Crippen LogP contribution in [-0.2, 0) is 4.79 Å². The van der Waals surface area contributed by atoms with E-state index in [1.165, 1.54) is 12.3 Å². The number of fused-ring (bicyclic) bond motifs is 1. The van der Waals surface area contributed by atoms with E-state index < -0.39 is 24.2 Å². The molecule has 0 radical (unpaired) electrons. The van der Waals surface area contributed by atoms with E-state index in [0.29, 0.717) is 17.0 Å². The van der Waals surface area contributed by atoms with Crippen LogP contribution in [0.5, 0.6) is 5.75 Å². The van der Waals surface area contributed by atoms with Crippen molar-refractivity contribution in [2.75, 3.05) is 6.54 Å². The van der Waals surface area contributed by atoms with Gasteiger partial charge in [-0.1, -0.05) is 41.6 Å². The number of carbonyl (C=O) groups excluding carboxylic acids is 1. The average molecular weight is 389 g/mol. The van der Waals surface area contributed by atoms with Crippen LogP contribution in [-0.4, -0.2) is 38.8 Å². The molecule has 0 spiro atoms. The number of benzene rings is 2. The molecule has 1 amide bonds. The van der Waals surface area contributed by atoms with E-state index >= 15 is 0 Å². The van der Waals surface area contributed by atoms with Gasteiger partial charge in [-0.25, -0.2) is 4.98 Å². The number of amides is 1. The fourth-order valence-corrected chi connectivity index (χ4v) is 2.90. The maximum Gasteiger partial charge on any atom is 0.322 e. The first-order valence-corrected chi connectivity index (χ1v) is 8.66. The summed E-state index contributed by atoms with van der Waals surface area (Å²) < 4.78 is 5.37. The maximum absolute atomic E-state index is 11.9. The lowest BCUT2D eigenvalue weighted by Gasteiger charge is -2.05. The number of carboxylic acids is 1. The molecule has 0 aliphatic carbocycles. The Kier molecular flexibility index (Phi) is 4.66. The number of aromatic hydroxyl groups is 1. The summed E-state index contributed by atoms with van der Waals surface area (Å²) in [5.41, 5.74) is 1.65. The first-order chi connectivity index (χ1) is 14.0. The molecule has 2 heterocycles. The van der Waals surface area contributed by atoms with Crippen LogP contribution < -0.4 is 5.32 Å². The fraction of sp³-hybridized carbons (Fsp3) is 0.0476. The molecule has 29 heavy (non-hydrogen) atoms. The Morgan fingerprint density at radius 3 is 2.55 bits per heavy atom. The van der Waals surface area contributed by atoms with Crippen molar-refractivity contribution in [3.63, 3.8) is 0 Å². The highest BCUT2D eigenvalue weighted by atomic mass is 16.5. The molecule has 8 heteroatoms. The van der Waals surface area contributed by atoms with E-state index in [1.807, 2.05) is 42.5 Å². The van der Waals surface area contributed by atoms with Crippen molar-refractivity contribution in [3.05, 3.63) is 66.5 Å². The number of hydrogen-bond acceptors (Lipinski definition) is 6. The van der Waals surface area contributed by atoms with Crippen molar-refractivity contribution in [1.82, 2.24) is 15.5 Å². The minimum Gasteiger partial charge on any atom is -0.505 e. The molecule has 2 aromatic carbocycles. The number of pyridine rings is 1. The van der Waals surface area contributed by atoms with Crippen LogP contribution >= 0.6 is 0 Å². The van der Waals surface area contributed by atoms with E-state index in [4.69, 9.17) is 9.63 Å². The lowest BCUT2D eigenvalue weighted by molar-refractivity contribution is -0.135. The van der Waals surface area contributed by atoms with Crippen molar-refractivity contribution in [1.29, 1.82) is 0 Å². The quantitative estimate of drug-likeness (QED) is 0.479. The van der Waals surface area contributed by atoms with Crippen LogP contribution in [0.25, 0.3) is 33.4 Å². The normalized spacial score (nSPS) is 10.8. The summed E-state index contributed by atoms with van der Waals surface area (Å²) in [6, 6.07) is 16.9. The fourth-order valence-electron chi connectivity index (χ4n) is 2.90. The molecule has 0 saturated carbocycles. The van der Waals surface area contributed by atoms with Crippen molar-refractivity contribution in [3.8, 4) is 28.3 Å². The third-order valence-corrected chi connectivity index (χ3v) is 4.32. The Hall–Kier alpha value is -4.20. The van der Waals surface area contributed by atoms with Gasteiger partial charge >= 0.3 is 5.97 Å². The molecule has 0 aliphatic heterocycles. The van der Waals surface area contributed by atoms with Gasteiger partial charge in [-0.05, 0) is 22.9 Å². The molecule has 0 unspecified atom stereocenters. The van der Waals surface area contributed by atoms with Crippen LogP contribution in [0.4, 0.5) is 0 Å². The molecule has 0 saturated heterocycles. The second-order valence-corrected chi connectivity index (χ2v) is 6.31. The van der Waals surface area contributed by atoms with Gasteiger partial charge in [0.05, 0.1) is 0 Å². The third kappa shape index (κ3) is 3.77. The second-order valence-electron chi connectivity index (χ2n) is 6.31. The van der Waals surface area contributed by atoms with Gasteiger partial charge in [0.1, 0.15) is 18.0 Å². The first kappa shape index (κ1) is 18.2. The van der Waals surface area contributed by atoms with Crippen molar-refractivity contribution < 1.29 is 24.3 Å². The highest BCUT2D eigenvalue weighted by Gasteiger charge is 2.17. The number of rotatable bonds is 5. The maximum atomic E-state index is 11.9. The topological polar surface area (TPSA) is 126 Å². The van der Waals surface area contributed by atoms with Gasteiger partial charge in [0.15, 0.2) is 11.5 Å². The SMILES string of the molecule is O=C(O)CNC(=O)c1ncc(-c2cc(-c3ccc4ccccc4c3)no2)cc1O. The zero-order valence-electron chi connectivity index (χ0n) is 15.0. The van der Waals surface area contributed by atoms with Gasteiger partial charge in [0, 0.05) is 23.4 Å². The minimum atomic E-state index is -1.20. The lowest BCUT2D eigenvalue weighted by Crippen LogP contribution is -2.29. The van der Waals surface area contributed by atoms with E-state index in [1.54, 1.807) is 6.07 Å². The van der Waals surface area contributed by atoms with Gasteiger partial charge in [-0.15, -0.1) is 0 Å². The average Bonchev–Trinajstić information content (AvgIpc) is 3.22. The largest absolute Gasteiger partial charge is 0.505 e. The number of nitrogens with one attached hydrogen (secondary N) is 1. The van der Waals surface area contributed by atoms with Gasteiger partial charge in [0.2, 0.25) is 0 Å². The number of carboxylic acid groups (broad SMARTS) is 1. The summed E-state index contributed by atoms with van der Waals surface area (Å²) in [7, 11) is 0. The lowest BCUT2D eigenvalue weighted by atomic mass is 10.0. The summed E-state index contributed by atoms with van der Waals surface area (Å²) in [6.07, 6.45) is 1.35. The number of aliphatic carboxylic acids is 1. The van der Waals surface area contributed by atoms with E-state index in [2.05, 4.69) is 15.5 Å². The predicted molar refractivity (Wildman–Crippen MR) is 104 cm³/mol. The number of hydrogen-bond donors (Lipinski definition) is 3. The highest BCUT2D eigenvalue weighted by Crippen LogP contribution is 2.30. The zero-order valence-corrected chi connectivity index (χ0v) is 15.0. The molecule has 8 nitrogen and oxygen atoms in total. The molecule has 3 N–H and O–H groups in total.